The number of rotatable bonds is 12. The molecule has 2 unspecified atom stereocenters. The first-order valence-electron chi connectivity index (χ1n) is 12.7. The summed E-state index contributed by atoms with van der Waals surface area (Å²) in [6.07, 6.45) is 1.31. The van der Waals surface area contributed by atoms with Gasteiger partial charge in [0, 0.05) is 24.8 Å². The first-order valence-corrected chi connectivity index (χ1v) is 13.8. The van der Waals surface area contributed by atoms with Crippen LogP contribution in [0.3, 0.4) is 0 Å². The quantitative estimate of drug-likeness (QED) is 0.326. The Morgan fingerprint density at radius 2 is 1.61 bits per heavy atom. The largest absolute Gasteiger partial charge is 0.352 e. The smallest absolute Gasteiger partial charge is 0.243 e. The maximum atomic E-state index is 13.7. The average Bonchev–Trinajstić information content (AvgIpc) is 2.87. The van der Waals surface area contributed by atoms with E-state index in [1.807, 2.05) is 61.5 Å². The molecule has 0 bridgehead atoms. The monoisotopic (exact) mass is 502 g/mol. The lowest BCUT2D eigenvalue weighted by atomic mass is 10.0. The van der Waals surface area contributed by atoms with Crippen LogP contribution < -0.4 is 5.32 Å². The zero-order valence-electron chi connectivity index (χ0n) is 21.9. The molecule has 4 nitrogen and oxygen atoms in total. The molecule has 0 radical (unpaired) electrons. The van der Waals surface area contributed by atoms with Crippen LogP contribution in [0.5, 0.6) is 0 Å². The summed E-state index contributed by atoms with van der Waals surface area (Å²) in [4.78, 5) is 29.1. The van der Waals surface area contributed by atoms with E-state index in [0.717, 1.165) is 28.9 Å². The minimum absolute atomic E-state index is 0.0175. The number of nitrogens with one attached hydrogen (secondary N) is 1. The number of aryl methyl sites for hydroxylation is 2. The van der Waals surface area contributed by atoms with E-state index in [1.165, 1.54) is 11.1 Å². The number of thioether (sulfide) groups is 1. The zero-order valence-corrected chi connectivity index (χ0v) is 22.7. The number of amides is 2. The Balaban J connectivity index is 1.86. The van der Waals surface area contributed by atoms with Crippen LogP contribution in [0.1, 0.15) is 48.1 Å². The molecule has 36 heavy (non-hydrogen) atoms. The second-order valence-electron chi connectivity index (χ2n) is 9.45. The molecule has 5 heteroatoms. The van der Waals surface area contributed by atoms with Crippen LogP contribution in [0.4, 0.5) is 0 Å². The number of hydrogen-bond acceptors (Lipinski definition) is 3. The second-order valence-corrected chi connectivity index (χ2v) is 10.4. The Kier molecular flexibility index (Phi) is 10.6. The molecule has 0 aliphatic rings. The van der Waals surface area contributed by atoms with Crippen molar-refractivity contribution < 1.29 is 9.59 Å². The molecule has 2 atom stereocenters. The van der Waals surface area contributed by atoms with Crippen LogP contribution in [-0.4, -0.2) is 34.6 Å². The van der Waals surface area contributed by atoms with Crippen molar-refractivity contribution in [1.29, 1.82) is 0 Å². The number of benzene rings is 3. The zero-order chi connectivity index (χ0) is 25.9. The van der Waals surface area contributed by atoms with Gasteiger partial charge >= 0.3 is 0 Å². The van der Waals surface area contributed by atoms with Gasteiger partial charge in [0.2, 0.25) is 11.8 Å². The highest BCUT2D eigenvalue weighted by Gasteiger charge is 2.31. The van der Waals surface area contributed by atoms with Gasteiger partial charge in [0.1, 0.15) is 6.04 Å². The maximum Gasteiger partial charge on any atom is 0.243 e. The fraction of sp³-hybridized carbons (Fsp3) is 0.355. The minimum Gasteiger partial charge on any atom is -0.352 e. The van der Waals surface area contributed by atoms with Gasteiger partial charge in [-0.15, -0.1) is 11.8 Å². The predicted octanol–water partition coefficient (Wildman–Crippen LogP) is 6.09. The van der Waals surface area contributed by atoms with Gasteiger partial charge in [-0.1, -0.05) is 91.3 Å². The lowest BCUT2D eigenvalue weighted by Crippen LogP contribution is -2.52. The molecule has 3 aromatic carbocycles. The number of nitrogens with zero attached hydrogens (tertiary/aromatic N) is 1. The first-order chi connectivity index (χ1) is 17.4. The normalized spacial score (nSPS) is 12.6. The van der Waals surface area contributed by atoms with Crippen molar-refractivity contribution >= 4 is 23.6 Å². The molecule has 0 spiro atoms. The van der Waals surface area contributed by atoms with Crippen LogP contribution >= 0.6 is 11.8 Å². The van der Waals surface area contributed by atoms with Gasteiger partial charge in [0.15, 0.2) is 0 Å². The number of hydrogen-bond donors (Lipinski definition) is 1. The fourth-order valence-electron chi connectivity index (χ4n) is 4.11. The Hall–Kier alpha value is -3.05. The van der Waals surface area contributed by atoms with Crippen LogP contribution in [0, 0.1) is 13.8 Å². The molecule has 2 amide bonds. The van der Waals surface area contributed by atoms with Gasteiger partial charge in [0.05, 0.1) is 5.75 Å². The second kappa shape index (κ2) is 13.9. The summed E-state index contributed by atoms with van der Waals surface area (Å²) in [6, 6.07) is 25.9. The summed E-state index contributed by atoms with van der Waals surface area (Å²) in [5.74, 6) is 0.963. The van der Waals surface area contributed by atoms with E-state index in [2.05, 4.69) is 50.4 Å². The van der Waals surface area contributed by atoms with E-state index in [4.69, 9.17) is 0 Å². The highest BCUT2D eigenvalue weighted by Crippen LogP contribution is 2.20. The lowest BCUT2D eigenvalue weighted by Gasteiger charge is -2.32. The van der Waals surface area contributed by atoms with Gasteiger partial charge in [-0.05, 0) is 49.4 Å². The lowest BCUT2D eigenvalue weighted by molar-refractivity contribution is -0.139. The van der Waals surface area contributed by atoms with Gasteiger partial charge in [0.25, 0.3) is 0 Å². The highest BCUT2D eigenvalue weighted by atomic mass is 32.2. The third kappa shape index (κ3) is 8.27. The van der Waals surface area contributed by atoms with Gasteiger partial charge in [-0.2, -0.15) is 0 Å². The molecule has 0 saturated carbocycles. The molecule has 0 aliphatic carbocycles. The molecular formula is C31H38N2O2S. The van der Waals surface area contributed by atoms with E-state index in [9.17, 15) is 9.59 Å². The Morgan fingerprint density at radius 3 is 2.31 bits per heavy atom. The molecule has 0 aliphatic heterocycles. The van der Waals surface area contributed by atoms with Crippen LogP contribution in [0.15, 0.2) is 78.9 Å². The summed E-state index contributed by atoms with van der Waals surface area (Å²) >= 11 is 1.60. The number of carbonyl (C=O) groups is 2. The van der Waals surface area contributed by atoms with E-state index >= 15 is 0 Å². The minimum atomic E-state index is -0.590. The Morgan fingerprint density at radius 1 is 0.917 bits per heavy atom. The van der Waals surface area contributed by atoms with Crippen molar-refractivity contribution in [2.45, 2.75) is 64.9 Å². The molecule has 3 aromatic rings. The fourth-order valence-corrected chi connectivity index (χ4v) is 4.96. The van der Waals surface area contributed by atoms with Crippen molar-refractivity contribution in [1.82, 2.24) is 10.2 Å². The average molecular weight is 503 g/mol. The first kappa shape index (κ1) is 27.5. The van der Waals surface area contributed by atoms with Crippen molar-refractivity contribution in [3.63, 3.8) is 0 Å². The van der Waals surface area contributed by atoms with Gasteiger partial charge < -0.3 is 10.2 Å². The summed E-state index contributed by atoms with van der Waals surface area (Å²) in [5.41, 5.74) is 5.63. The van der Waals surface area contributed by atoms with E-state index < -0.39 is 6.04 Å². The maximum absolute atomic E-state index is 13.7. The number of carbonyl (C=O) groups excluding carboxylic acids is 2. The van der Waals surface area contributed by atoms with Crippen LogP contribution in [0.2, 0.25) is 0 Å². The molecule has 1 N–H and O–H groups in total. The van der Waals surface area contributed by atoms with Crippen molar-refractivity contribution in [3.8, 4) is 0 Å². The Labute approximate surface area is 220 Å². The van der Waals surface area contributed by atoms with Crippen LogP contribution in [0.25, 0.3) is 0 Å². The Bertz CT molecular complexity index is 1130. The highest BCUT2D eigenvalue weighted by molar-refractivity contribution is 7.99. The molecule has 3 rings (SSSR count). The summed E-state index contributed by atoms with van der Waals surface area (Å²) < 4.78 is 0. The molecule has 0 heterocycles. The third-order valence-corrected chi connectivity index (χ3v) is 7.44. The van der Waals surface area contributed by atoms with Crippen molar-refractivity contribution in [2.75, 3.05) is 5.75 Å². The predicted molar refractivity (Wildman–Crippen MR) is 151 cm³/mol. The topological polar surface area (TPSA) is 49.4 Å². The summed E-state index contributed by atoms with van der Waals surface area (Å²) in [6.45, 7) is 8.59. The summed E-state index contributed by atoms with van der Waals surface area (Å²) in [5, 5.41) is 3.13. The van der Waals surface area contributed by atoms with Crippen LogP contribution in [-0.2, 0) is 28.3 Å². The van der Waals surface area contributed by atoms with Crippen molar-refractivity contribution in [2.24, 2.45) is 0 Å². The van der Waals surface area contributed by atoms with E-state index in [0.29, 0.717) is 18.7 Å². The third-order valence-electron chi connectivity index (χ3n) is 6.45. The summed E-state index contributed by atoms with van der Waals surface area (Å²) in [7, 11) is 0. The van der Waals surface area contributed by atoms with Crippen molar-refractivity contribution in [3.05, 3.63) is 107 Å². The van der Waals surface area contributed by atoms with E-state index in [-0.39, 0.29) is 17.9 Å². The molecule has 0 saturated heterocycles. The van der Waals surface area contributed by atoms with Gasteiger partial charge in [-0.3, -0.25) is 9.59 Å². The standard InChI is InChI=1S/C31H38N2O2S/c1-5-25(4)32-31(35)29(19-26-14-7-6-8-15-26)33(20-28-17-10-9-13-24(28)3)30(34)22-36-21-27-16-11-12-23(2)18-27/h6-18,25,29H,5,19-22H2,1-4H3,(H,32,35). The molecule has 0 fully saturated rings. The molecule has 190 valence electrons. The van der Waals surface area contributed by atoms with E-state index in [1.54, 1.807) is 16.7 Å². The SMILES string of the molecule is CCC(C)NC(=O)C(Cc1ccccc1)N(Cc1ccccc1C)C(=O)CSCc1cccc(C)c1. The molecule has 0 aromatic heterocycles. The molecular weight excluding hydrogens is 464 g/mol. The van der Waals surface area contributed by atoms with Gasteiger partial charge in [-0.25, -0.2) is 0 Å².